The molecule has 0 aliphatic heterocycles. The number of esters is 1. The van der Waals surface area contributed by atoms with Crippen LogP contribution in [0.2, 0.25) is 0 Å². The Morgan fingerprint density at radius 1 is 1.56 bits per heavy atom. The fourth-order valence-electron chi connectivity index (χ4n) is 1.24. The number of pyridine rings is 1. The molecule has 0 N–H and O–H groups in total. The van der Waals surface area contributed by atoms with Gasteiger partial charge in [0, 0.05) is 21.5 Å². The third kappa shape index (κ3) is 3.36. The van der Waals surface area contributed by atoms with Gasteiger partial charge in [0.05, 0.1) is 13.0 Å². The summed E-state index contributed by atoms with van der Waals surface area (Å²) in [7, 11) is 0. The lowest BCUT2D eigenvalue weighted by atomic mass is 10.1. The van der Waals surface area contributed by atoms with E-state index in [-0.39, 0.29) is 24.2 Å². The molecule has 88 valence electrons. The Labute approximate surface area is 105 Å². The third-order valence-corrected chi connectivity index (χ3v) is 2.74. The first-order valence-electron chi connectivity index (χ1n) is 4.62. The fourth-order valence-corrected chi connectivity index (χ4v) is 1.98. The van der Waals surface area contributed by atoms with E-state index in [1.54, 1.807) is 29.5 Å². The van der Waals surface area contributed by atoms with Crippen LogP contribution in [0.25, 0.3) is 0 Å². The molecular formula is C10H10F2INO2. The molecule has 0 fully saturated rings. The number of halogens is 3. The van der Waals surface area contributed by atoms with Crippen LogP contribution in [0.3, 0.4) is 0 Å². The molecule has 0 aliphatic carbocycles. The number of carbonyl (C=O) groups excluding carboxylic acids is 1. The fraction of sp³-hybridized carbons (Fsp3) is 0.400. The van der Waals surface area contributed by atoms with E-state index in [9.17, 15) is 13.6 Å². The molecular weight excluding hydrogens is 331 g/mol. The maximum Gasteiger partial charge on any atom is 0.310 e. The van der Waals surface area contributed by atoms with Crippen molar-refractivity contribution in [1.29, 1.82) is 0 Å². The number of aromatic nitrogens is 1. The summed E-state index contributed by atoms with van der Waals surface area (Å²) in [6.07, 6.45) is -0.159. The van der Waals surface area contributed by atoms with Gasteiger partial charge in [-0.3, -0.25) is 9.78 Å². The molecule has 0 aliphatic rings. The first kappa shape index (κ1) is 13.3. The lowest BCUT2D eigenvalue weighted by Gasteiger charge is -2.09. The topological polar surface area (TPSA) is 39.2 Å². The Balaban J connectivity index is 2.95. The minimum atomic E-state index is -2.61. The quantitative estimate of drug-likeness (QED) is 0.625. The number of rotatable bonds is 4. The van der Waals surface area contributed by atoms with Gasteiger partial charge in [-0.25, -0.2) is 8.78 Å². The number of alkyl halides is 2. The highest BCUT2D eigenvalue weighted by Gasteiger charge is 2.19. The minimum Gasteiger partial charge on any atom is -0.466 e. The molecule has 0 aromatic carbocycles. The summed E-state index contributed by atoms with van der Waals surface area (Å²) < 4.78 is 30.5. The lowest BCUT2D eigenvalue weighted by Crippen LogP contribution is -2.10. The lowest BCUT2D eigenvalue weighted by molar-refractivity contribution is -0.142. The van der Waals surface area contributed by atoms with Gasteiger partial charge in [0.2, 0.25) is 0 Å². The van der Waals surface area contributed by atoms with Crippen molar-refractivity contribution in [2.75, 3.05) is 6.61 Å². The maximum absolute atomic E-state index is 12.7. The van der Waals surface area contributed by atoms with Crippen molar-refractivity contribution >= 4 is 28.6 Å². The van der Waals surface area contributed by atoms with E-state index in [1.807, 2.05) is 0 Å². The summed E-state index contributed by atoms with van der Waals surface area (Å²) in [6.45, 7) is 1.90. The summed E-state index contributed by atoms with van der Waals surface area (Å²) in [5, 5.41) is 0. The standard InChI is InChI=1S/C10H10F2INO2/c1-2-16-8(15)3-6-4-14-5-7(13)9(6)10(11)12/h4-5,10H,2-3H2,1H3. The van der Waals surface area contributed by atoms with Gasteiger partial charge in [0.15, 0.2) is 0 Å². The smallest absolute Gasteiger partial charge is 0.310 e. The second kappa shape index (κ2) is 6.07. The SMILES string of the molecule is CCOC(=O)Cc1cncc(I)c1C(F)F. The first-order valence-corrected chi connectivity index (χ1v) is 5.70. The van der Waals surface area contributed by atoms with E-state index in [4.69, 9.17) is 4.74 Å². The molecule has 0 saturated heterocycles. The Morgan fingerprint density at radius 3 is 2.81 bits per heavy atom. The normalized spacial score (nSPS) is 10.6. The Bertz CT molecular complexity index is 385. The van der Waals surface area contributed by atoms with Gasteiger partial charge in [-0.1, -0.05) is 0 Å². The molecule has 0 amide bonds. The molecule has 0 spiro atoms. The van der Waals surface area contributed by atoms with Crippen molar-refractivity contribution in [3.05, 3.63) is 27.1 Å². The number of hydrogen-bond donors (Lipinski definition) is 0. The van der Waals surface area contributed by atoms with Crippen LogP contribution in [-0.2, 0) is 16.0 Å². The second-order valence-corrected chi connectivity index (χ2v) is 4.14. The largest absolute Gasteiger partial charge is 0.466 e. The second-order valence-electron chi connectivity index (χ2n) is 2.98. The monoisotopic (exact) mass is 341 g/mol. The van der Waals surface area contributed by atoms with Gasteiger partial charge in [-0.15, -0.1) is 0 Å². The zero-order chi connectivity index (χ0) is 12.1. The summed E-state index contributed by atoms with van der Waals surface area (Å²) in [5.41, 5.74) is 0.0870. The van der Waals surface area contributed by atoms with Gasteiger partial charge in [0.1, 0.15) is 0 Å². The summed E-state index contributed by atoms with van der Waals surface area (Å²) in [5.74, 6) is -0.520. The minimum absolute atomic E-state index is 0.136. The molecule has 0 radical (unpaired) electrons. The molecule has 0 atom stereocenters. The molecule has 1 heterocycles. The number of nitrogens with zero attached hydrogens (tertiary/aromatic N) is 1. The van der Waals surface area contributed by atoms with Gasteiger partial charge in [-0.2, -0.15) is 0 Å². The zero-order valence-electron chi connectivity index (χ0n) is 8.54. The highest BCUT2D eigenvalue weighted by Crippen LogP contribution is 2.27. The molecule has 1 aromatic rings. The average molecular weight is 341 g/mol. The Kier molecular flexibility index (Phi) is 5.04. The molecule has 1 aromatic heterocycles. The highest BCUT2D eigenvalue weighted by atomic mass is 127. The van der Waals surface area contributed by atoms with E-state index in [1.165, 1.54) is 12.4 Å². The van der Waals surface area contributed by atoms with E-state index >= 15 is 0 Å². The van der Waals surface area contributed by atoms with Crippen LogP contribution in [0.5, 0.6) is 0 Å². The van der Waals surface area contributed by atoms with Crippen molar-refractivity contribution in [3.63, 3.8) is 0 Å². The van der Waals surface area contributed by atoms with E-state index in [0.29, 0.717) is 3.57 Å². The van der Waals surface area contributed by atoms with Gasteiger partial charge < -0.3 is 4.74 Å². The molecule has 16 heavy (non-hydrogen) atoms. The summed E-state index contributed by atoms with van der Waals surface area (Å²) in [6, 6.07) is 0. The molecule has 3 nitrogen and oxygen atoms in total. The summed E-state index contributed by atoms with van der Waals surface area (Å²) in [4.78, 5) is 15.0. The van der Waals surface area contributed by atoms with Gasteiger partial charge >= 0.3 is 5.97 Å². The van der Waals surface area contributed by atoms with Crippen LogP contribution < -0.4 is 0 Å². The number of hydrogen-bond acceptors (Lipinski definition) is 3. The highest BCUT2D eigenvalue weighted by molar-refractivity contribution is 14.1. The van der Waals surface area contributed by atoms with Crippen molar-refractivity contribution in [2.45, 2.75) is 19.8 Å². The Hall–Kier alpha value is -0.790. The Morgan fingerprint density at radius 2 is 2.25 bits per heavy atom. The maximum atomic E-state index is 12.7. The van der Waals surface area contributed by atoms with Crippen LogP contribution >= 0.6 is 22.6 Å². The first-order chi connectivity index (χ1) is 7.56. The molecule has 0 saturated carbocycles. The van der Waals surface area contributed by atoms with E-state index < -0.39 is 12.4 Å². The van der Waals surface area contributed by atoms with Crippen molar-refractivity contribution in [1.82, 2.24) is 4.98 Å². The molecule has 0 bridgehead atoms. The van der Waals surface area contributed by atoms with Crippen LogP contribution in [-0.4, -0.2) is 17.6 Å². The number of carbonyl (C=O) groups is 1. The van der Waals surface area contributed by atoms with Crippen molar-refractivity contribution in [2.24, 2.45) is 0 Å². The van der Waals surface area contributed by atoms with Crippen LogP contribution in [0, 0.1) is 3.57 Å². The average Bonchev–Trinajstić information content (AvgIpc) is 2.17. The zero-order valence-corrected chi connectivity index (χ0v) is 10.7. The molecule has 6 heteroatoms. The predicted octanol–water partition coefficient (Wildman–Crippen LogP) is 2.73. The molecule has 0 unspecified atom stereocenters. The van der Waals surface area contributed by atoms with Gasteiger partial charge in [-0.05, 0) is 35.1 Å². The van der Waals surface area contributed by atoms with E-state index in [2.05, 4.69) is 4.98 Å². The van der Waals surface area contributed by atoms with Crippen LogP contribution in [0.1, 0.15) is 24.5 Å². The molecule has 1 rings (SSSR count). The third-order valence-electron chi connectivity index (χ3n) is 1.88. The van der Waals surface area contributed by atoms with Crippen molar-refractivity contribution < 1.29 is 18.3 Å². The van der Waals surface area contributed by atoms with E-state index in [0.717, 1.165) is 0 Å². The van der Waals surface area contributed by atoms with Crippen LogP contribution in [0.15, 0.2) is 12.4 Å². The van der Waals surface area contributed by atoms with Gasteiger partial charge in [0.25, 0.3) is 6.43 Å². The summed E-state index contributed by atoms with van der Waals surface area (Å²) >= 11 is 1.77. The predicted molar refractivity (Wildman–Crippen MR) is 62.2 cm³/mol. The van der Waals surface area contributed by atoms with Crippen LogP contribution in [0.4, 0.5) is 8.78 Å². The van der Waals surface area contributed by atoms with Crippen molar-refractivity contribution in [3.8, 4) is 0 Å². The number of ether oxygens (including phenoxy) is 1.